The number of anilines is 1. The number of carbonyl (C=O) groups excluding carboxylic acids is 1. The molecule has 1 heterocycles. The van der Waals surface area contributed by atoms with Crippen molar-refractivity contribution in [1.82, 2.24) is 4.98 Å². The Kier molecular flexibility index (Phi) is 9.67. The highest BCUT2D eigenvalue weighted by atomic mass is 35.5. The standard InChI is InChI=1S/C15H21Cl2FN2O2S/c1-2-3-4-5-6-7-8-23-10(21)9-22-15-12(17)13(19)11(16)14(18)20-15/h2-9H2,1H3,(H2,19,20). The second kappa shape index (κ2) is 10.9. The van der Waals surface area contributed by atoms with E-state index in [0.29, 0.717) is 0 Å². The van der Waals surface area contributed by atoms with Crippen LogP contribution in [0, 0.1) is 5.95 Å². The molecule has 0 unspecified atom stereocenters. The highest BCUT2D eigenvalue weighted by Gasteiger charge is 2.17. The van der Waals surface area contributed by atoms with Gasteiger partial charge in [-0.25, -0.2) is 0 Å². The average molecular weight is 383 g/mol. The lowest BCUT2D eigenvalue weighted by atomic mass is 10.1. The molecule has 23 heavy (non-hydrogen) atoms. The molecule has 0 bridgehead atoms. The van der Waals surface area contributed by atoms with Crippen molar-refractivity contribution in [3.63, 3.8) is 0 Å². The van der Waals surface area contributed by atoms with Crippen molar-refractivity contribution in [2.45, 2.75) is 45.4 Å². The molecular weight excluding hydrogens is 362 g/mol. The highest BCUT2D eigenvalue weighted by molar-refractivity contribution is 8.13. The smallest absolute Gasteiger partial charge is 0.238 e. The first kappa shape index (κ1) is 20.3. The van der Waals surface area contributed by atoms with Gasteiger partial charge in [0.25, 0.3) is 0 Å². The lowest BCUT2D eigenvalue weighted by Gasteiger charge is -2.09. The molecule has 0 aliphatic heterocycles. The molecule has 0 saturated carbocycles. The Hall–Kier alpha value is -0.720. The van der Waals surface area contributed by atoms with Crippen LogP contribution in [-0.2, 0) is 4.79 Å². The van der Waals surface area contributed by atoms with Gasteiger partial charge < -0.3 is 10.5 Å². The minimum absolute atomic E-state index is 0.0925. The number of nitrogens with zero attached hydrogens (tertiary/aromatic N) is 1. The maximum Gasteiger partial charge on any atom is 0.238 e. The molecule has 0 atom stereocenters. The first-order valence-electron chi connectivity index (χ1n) is 7.55. The van der Waals surface area contributed by atoms with Crippen molar-refractivity contribution < 1.29 is 13.9 Å². The Labute approximate surface area is 150 Å². The number of carbonyl (C=O) groups is 1. The fraction of sp³-hybridized carbons (Fsp3) is 0.600. The molecule has 0 aliphatic carbocycles. The Morgan fingerprint density at radius 1 is 1.22 bits per heavy atom. The van der Waals surface area contributed by atoms with Crippen LogP contribution >= 0.6 is 35.0 Å². The van der Waals surface area contributed by atoms with Crippen molar-refractivity contribution >= 4 is 45.8 Å². The molecule has 4 nitrogen and oxygen atoms in total. The minimum atomic E-state index is -0.976. The van der Waals surface area contributed by atoms with Crippen LogP contribution in [0.4, 0.5) is 10.1 Å². The molecule has 0 radical (unpaired) electrons. The maximum absolute atomic E-state index is 13.4. The van der Waals surface area contributed by atoms with E-state index in [9.17, 15) is 9.18 Å². The summed E-state index contributed by atoms with van der Waals surface area (Å²) < 4.78 is 18.5. The van der Waals surface area contributed by atoms with Crippen molar-refractivity contribution in [1.29, 1.82) is 0 Å². The molecule has 0 saturated heterocycles. The number of nitrogen functional groups attached to an aromatic ring is 1. The number of hydrogen-bond acceptors (Lipinski definition) is 5. The summed E-state index contributed by atoms with van der Waals surface area (Å²) in [5.74, 6) is -0.456. The van der Waals surface area contributed by atoms with Gasteiger partial charge in [0.1, 0.15) is 10.0 Å². The maximum atomic E-state index is 13.4. The van der Waals surface area contributed by atoms with Crippen molar-refractivity contribution in [3.8, 4) is 5.88 Å². The van der Waals surface area contributed by atoms with Crippen LogP contribution in [0.3, 0.4) is 0 Å². The van der Waals surface area contributed by atoms with E-state index in [-0.39, 0.29) is 33.3 Å². The van der Waals surface area contributed by atoms with Crippen molar-refractivity contribution in [2.75, 3.05) is 18.1 Å². The second-order valence-electron chi connectivity index (χ2n) is 5.03. The van der Waals surface area contributed by atoms with Crippen LogP contribution in [-0.4, -0.2) is 22.5 Å². The largest absolute Gasteiger partial charge is 0.467 e. The average Bonchev–Trinajstić information content (AvgIpc) is 2.54. The summed E-state index contributed by atoms with van der Waals surface area (Å²) in [7, 11) is 0. The van der Waals surface area contributed by atoms with E-state index in [1.807, 2.05) is 0 Å². The molecule has 1 aromatic rings. The quantitative estimate of drug-likeness (QED) is 0.449. The van der Waals surface area contributed by atoms with Crippen LogP contribution in [0.2, 0.25) is 10.0 Å². The van der Waals surface area contributed by atoms with Gasteiger partial charge in [0.15, 0.2) is 6.61 Å². The van der Waals surface area contributed by atoms with Gasteiger partial charge in [-0.1, -0.05) is 74.0 Å². The third-order valence-corrected chi connectivity index (χ3v) is 4.79. The molecule has 130 valence electrons. The van der Waals surface area contributed by atoms with E-state index in [0.717, 1.165) is 18.6 Å². The summed E-state index contributed by atoms with van der Waals surface area (Å²) in [6, 6.07) is 0. The molecule has 0 amide bonds. The number of pyridine rings is 1. The Balaban J connectivity index is 2.29. The third kappa shape index (κ3) is 7.14. The van der Waals surface area contributed by atoms with Crippen molar-refractivity contribution in [2.24, 2.45) is 0 Å². The molecule has 0 aliphatic rings. The summed E-state index contributed by atoms with van der Waals surface area (Å²) in [6.07, 6.45) is 7.02. The minimum Gasteiger partial charge on any atom is -0.467 e. The lowest BCUT2D eigenvalue weighted by molar-refractivity contribution is -0.112. The predicted octanol–water partition coefficient (Wildman–Crippen LogP) is 5.11. The van der Waals surface area contributed by atoms with E-state index >= 15 is 0 Å². The van der Waals surface area contributed by atoms with E-state index in [1.54, 1.807) is 0 Å². The van der Waals surface area contributed by atoms with Gasteiger partial charge in [-0.05, 0) is 6.42 Å². The number of ether oxygens (including phenoxy) is 1. The fourth-order valence-corrected chi connectivity index (χ4v) is 2.94. The number of halogens is 3. The van der Waals surface area contributed by atoms with E-state index < -0.39 is 5.95 Å². The number of thioether (sulfide) groups is 1. The van der Waals surface area contributed by atoms with Gasteiger partial charge in [0.2, 0.25) is 16.9 Å². The van der Waals surface area contributed by atoms with Crippen LogP contribution in [0.1, 0.15) is 45.4 Å². The zero-order valence-electron chi connectivity index (χ0n) is 13.0. The van der Waals surface area contributed by atoms with Gasteiger partial charge in [-0.3, -0.25) is 4.79 Å². The number of nitrogens with two attached hydrogens (primary N) is 1. The number of aromatic nitrogens is 1. The van der Waals surface area contributed by atoms with Crippen LogP contribution in [0.25, 0.3) is 0 Å². The summed E-state index contributed by atoms with van der Waals surface area (Å²) in [4.78, 5) is 15.2. The lowest BCUT2D eigenvalue weighted by Crippen LogP contribution is -2.10. The van der Waals surface area contributed by atoms with E-state index in [2.05, 4.69) is 11.9 Å². The first-order chi connectivity index (χ1) is 11.0. The first-order valence-corrected chi connectivity index (χ1v) is 9.29. The number of rotatable bonds is 10. The monoisotopic (exact) mass is 382 g/mol. The zero-order chi connectivity index (χ0) is 17.2. The van der Waals surface area contributed by atoms with Crippen molar-refractivity contribution in [3.05, 3.63) is 16.0 Å². The summed E-state index contributed by atoms with van der Waals surface area (Å²) in [6.45, 7) is 1.93. The second-order valence-corrected chi connectivity index (χ2v) is 6.93. The Morgan fingerprint density at radius 2 is 1.87 bits per heavy atom. The normalized spacial score (nSPS) is 10.8. The third-order valence-electron chi connectivity index (χ3n) is 3.13. The molecule has 1 rings (SSSR count). The van der Waals surface area contributed by atoms with E-state index in [4.69, 9.17) is 33.7 Å². The van der Waals surface area contributed by atoms with Crippen LogP contribution < -0.4 is 10.5 Å². The predicted molar refractivity (Wildman–Crippen MR) is 95.0 cm³/mol. The Morgan fingerprint density at radius 3 is 2.57 bits per heavy atom. The van der Waals surface area contributed by atoms with Gasteiger partial charge >= 0.3 is 0 Å². The summed E-state index contributed by atoms with van der Waals surface area (Å²) in [5.41, 5.74) is 5.37. The molecule has 0 aromatic carbocycles. The molecule has 0 spiro atoms. The Bertz CT molecular complexity index is 533. The molecular formula is C15H21Cl2FN2O2S. The van der Waals surface area contributed by atoms with Gasteiger partial charge in [0.05, 0.1) is 5.69 Å². The molecule has 1 aromatic heterocycles. The summed E-state index contributed by atoms with van der Waals surface area (Å²) >= 11 is 12.6. The topological polar surface area (TPSA) is 65.2 Å². The van der Waals surface area contributed by atoms with Crippen LogP contribution in [0.5, 0.6) is 5.88 Å². The van der Waals surface area contributed by atoms with Gasteiger partial charge in [-0.2, -0.15) is 9.37 Å². The molecule has 8 heteroatoms. The molecule has 0 fully saturated rings. The molecule has 2 N–H and O–H groups in total. The highest BCUT2D eigenvalue weighted by Crippen LogP contribution is 2.35. The SMILES string of the molecule is CCCCCCCCSC(=O)COc1nc(F)c(Cl)c(N)c1Cl. The van der Waals surface area contributed by atoms with Crippen LogP contribution in [0.15, 0.2) is 0 Å². The zero-order valence-corrected chi connectivity index (χ0v) is 15.4. The number of unbranched alkanes of at least 4 members (excludes halogenated alkanes) is 5. The number of hydrogen-bond donors (Lipinski definition) is 1. The van der Waals surface area contributed by atoms with Gasteiger partial charge in [0, 0.05) is 5.75 Å². The van der Waals surface area contributed by atoms with Gasteiger partial charge in [-0.15, -0.1) is 0 Å². The van der Waals surface area contributed by atoms with E-state index in [1.165, 1.54) is 37.4 Å². The fourth-order valence-electron chi connectivity index (χ4n) is 1.84. The summed E-state index contributed by atoms with van der Waals surface area (Å²) in [5, 5.41) is -0.610.